The van der Waals surface area contributed by atoms with Gasteiger partial charge in [0.1, 0.15) is 10.7 Å². The summed E-state index contributed by atoms with van der Waals surface area (Å²) in [4.78, 5) is 24.8. The van der Waals surface area contributed by atoms with Crippen molar-refractivity contribution in [2.45, 2.75) is 65.3 Å². The predicted molar refractivity (Wildman–Crippen MR) is 112 cm³/mol. The van der Waals surface area contributed by atoms with Gasteiger partial charge in [-0.05, 0) is 44.2 Å². The first-order valence-corrected chi connectivity index (χ1v) is 10.9. The summed E-state index contributed by atoms with van der Waals surface area (Å²) < 4.78 is 0. The molecule has 3 rings (SSSR count). The number of anilines is 1. The van der Waals surface area contributed by atoms with Gasteiger partial charge in [-0.15, -0.1) is 11.3 Å². The summed E-state index contributed by atoms with van der Waals surface area (Å²) in [5.41, 5.74) is 1.86. The SMILES string of the molecule is CCCCc1nc(C)c(C(=O)NCc2ccc(N3CCCCCC3)nc2)s1. The van der Waals surface area contributed by atoms with E-state index in [1.165, 1.54) is 37.0 Å². The molecule has 1 amide bonds. The molecule has 3 heterocycles. The van der Waals surface area contributed by atoms with Crippen molar-refractivity contribution >= 4 is 23.1 Å². The number of amides is 1. The van der Waals surface area contributed by atoms with Crippen molar-refractivity contribution in [2.75, 3.05) is 18.0 Å². The molecule has 6 heteroatoms. The van der Waals surface area contributed by atoms with Gasteiger partial charge in [-0.25, -0.2) is 9.97 Å². The molecular formula is C21H30N4OS. The molecule has 0 bridgehead atoms. The molecule has 27 heavy (non-hydrogen) atoms. The molecule has 2 aromatic heterocycles. The van der Waals surface area contributed by atoms with Crippen molar-refractivity contribution in [1.29, 1.82) is 0 Å². The van der Waals surface area contributed by atoms with E-state index in [0.717, 1.165) is 59.3 Å². The highest BCUT2D eigenvalue weighted by atomic mass is 32.1. The molecule has 0 radical (unpaired) electrons. The molecular weight excluding hydrogens is 356 g/mol. The van der Waals surface area contributed by atoms with Crippen LogP contribution in [0.3, 0.4) is 0 Å². The molecule has 1 saturated heterocycles. The van der Waals surface area contributed by atoms with E-state index in [-0.39, 0.29) is 5.91 Å². The van der Waals surface area contributed by atoms with Crippen molar-refractivity contribution in [3.8, 4) is 0 Å². The summed E-state index contributed by atoms with van der Waals surface area (Å²) in [7, 11) is 0. The lowest BCUT2D eigenvalue weighted by Crippen LogP contribution is -2.25. The monoisotopic (exact) mass is 386 g/mol. The van der Waals surface area contributed by atoms with Gasteiger partial charge in [-0.3, -0.25) is 4.79 Å². The Morgan fingerprint density at radius 1 is 1.22 bits per heavy atom. The van der Waals surface area contributed by atoms with Crippen LogP contribution in [0.2, 0.25) is 0 Å². The minimum absolute atomic E-state index is 0.0376. The lowest BCUT2D eigenvalue weighted by Gasteiger charge is -2.21. The molecule has 0 unspecified atom stereocenters. The number of rotatable bonds is 7. The number of nitrogens with zero attached hydrogens (tertiary/aromatic N) is 3. The van der Waals surface area contributed by atoms with Crippen LogP contribution in [-0.2, 0) is 13.0 Å². The van der Waals surface area contributed by atoms with Gasteiger partial charge in [0, 0.05) is 25.8 Å². The molecule has 1 aliphatic rings. The van der Waals surface area contributed by atoms with Gasteiger partial charge in [0.2, 0.25) is 0 Å². The molecule has 1 N–H and O–H groups in total. The van der Waals surface area contributed by atoms with Crippen molar-refractivity contribution < 1.29 is 4.79 Å². The largest absolute Gasteiger partial charge is 0.357 e. The van der Waals surface area contributed by atoms with Crippen molar-refractivity contribution in [2.24, 2.45) is 0 Å². The van der Waals surface area contributed by atoms with Gasteiger partial charge in [0.25, 0.3) is 5.91 Å². The molecule has 0 spiro atoms. The van der Waals surface area contributed by atoms with E-state index < -0.39 is 0 Å². The number of unbranched alkanes of at least 4 members (excludes halogenated alkanes) is 1. The van der Waals surface area contributed by atoms with Gasteiger partial charge in [0.05, 0.1) is 10.7 Å². The number of aromatic nitrogens is 2. The summed E-state index contributed by atoms with van der Waals surface area (Å²) in [6, 6.07) is 4.15. The third-order valence-electron chi connectivity index (χ3n) is 4.98. The second-order valence-corrected chi connectivity index (χ2v) is 8.32. The van der Waals surface area contributed by atoms with E-state index in [0.29, 0.717) is 6.54 Å². The Balaban J connectivity index is 1.55. The number of carbonyl (C=O) groups is 1. The summed E-state index contributed by atoms with van der Waals surface area (Å²) in [6.07, 6.45) is 10.2. The maximum atomic E-state index is 12.5. The van der Waals surface area contributed by atoms with E-state index in [4.69, 9.17) is 0 Å². The molecule has 0 aromatic carbocycles. The zero-order chi connectivity index (χ0) is 19.1. The highest BCUT2D eigenvalue weighted by molar-refractivity contribution is 7.13. The number of aryl methyl sites for hydroxylation is 2. The number of pyridine rings is 1. The Morgan fingerprint density at radius 3 is 2.67 bits per heavy atom. The smallest absolute Gasteiger partial charge is 0.263 e. The average Bonchev–Trinajstić information content (AvgIpc) is 2.88. The zero-order valence-electron chi connectivity index (χ0n) is 16.5. The summed E-state index contributed by atoms with van der Waals surface area (Å²) in [5.74, 6) is 1.01. The van der Waals surface area contributed by atoms with Gasteiger partial charge >= 0.3 is 0 Å². The van der Waals surface area contributed by atoms with Crippen LogP contribution in [0, 0.1) is 6.92 Å². The van der Waals surface area contributed by atoms with Crippen LogP contribution in [0.1, 0.15) is 71.4 Å². The molecule has 1 aliphatic heterocycles. The Labute approximate surface area is 166 Å². The zero-order valence-corrected chi connectivity index (χ0v) is 17.3. The van der Waals surface area contributed by atoms with E-state index in [9.17, 15) is 4.79 Å². The van der Waals surface area contributed by atoms with Gasteiger partial charge < -0.3 is 10.2 Å². The minimum atomic E-state index is -0.0376. The fraction of sp³-hybridized carbons (Fsp3) is 0.571. The Bertz CT molecular complexity index is 733. The number of nitrogens with one attached hydrogen (secondary N) is 1. The average molecular weight is 387 g/mol. The van der Waals surface area contributed by atoms with E-state index >= 15 is 0 Å². The van der Waals surface area contributed by atoms with Crippen LogP contribution in [0.25, 0.3) is 0 Å². The standard InChI is InChI=1S/C21H30N4OS/c1-3-4-9-19-24-16(2)20(27-19)21(26)23-15-17-10-11-18(22-14-17)25-12-7-5-6-8-13-25/h10-11,14H,3-9,12-13,15H2,1-2H3,(H,23,26). The molecule has 0 aliphatic carbocycles. The maximum absolute atomic E-state index is 12.5. The Hall–Kier alpha value is -1.95. The maximum Gasteiger partial charge on any atom is 0.263 e. The third kappa shape index (κ3) is 5.51. The van der Waals surface area contributed by atoms with E-state index in [2.05, 4.69) is 39.2 Å². The summed E-state index contributed by atoms with van der Waals surface area (Å²) >= 11 is 1.52. The lowest BCUT2D eigenvalue weighted by atomic mass is 10.2. The summed E-state index contributed by atoms with van der Waals surface area (Å²) in [5, 5.41) is 4.07. The highest BCUT2D eigenvalue weighted by Crippen LogP contribution is 2.20. The number of hydrogen-bond acceptors (Lipinski definition) is 5. The number of hydrogen-bond donors (Lipinski definition) is 1. The molecule has 5 nitrogen and oxygen atoms in total. The first-order chi connectivity index (χ1) is 13.2. The Kier molecular flexibility index (Phi) is 7.21. The topological polar surface area (TPSA) is 58.1 Å². The first kappa shape index (κ1) is 19.8. The van der Waals surface area contributed by atoms with Crippen molar-refractivity contribution in [3.05, 3.63) is 39.5 Å². The second-order valence-electron chi connectivity index (χ2n) is 7.23. The quantitative estimate of drug-likeness (QED) is 0.761. The van der Waals surface area contributed by atoms with Crippen LogP contribution in [0.15, 0.2) is 18.3 Å². The highest BCUT2D eigenvalue weighted by Gasteiger charge is 2.15. The normalized spacial score (nSPS) is 14.8. The van der Waals surface area contributed by atoms with Crippen LogP contribution >= 0.6 is 11.3 Å². The molecule has 2 aromatic rings. The molecule has 1 fully saturated rings. The van der Waals surface area contributed by atoms with Gasteiger partial charge in [0.15, 0.2) is 0 Å². The van der Waals surface area contributed by atoms with Crippen molar-refractivity contribution in [3.63, 3.8) is 0 Å². The van der Waals surface area contributed by atoms with Crippen LogP contribution in [-0.4, -0.2) is 29.0 Å². The first-order valence-electron chi connectivity index (χ1n) is 10.1. The predicted octanol–water partition coefficient (Wildman–Crippen LogP) is 4.50. The fourth-order valence-corrected chi connectivity index (χ4v) is 4.39. The molecule has 146 valence electrons. The number of thiazole rings is 1. The van der Waals surface area contributed by atoms with E-state index in [1.807, 2.05) is 13.1 Å². The second kappa shape index (κ2) is 9.83. The lowest BCUT2D eigenvalue weighted by molar-refractivity contribution is 0.0954. The van der Waals surface area contributed by atoms with Gasteiger partial charge in [-0.2, -0.15) is 0 Å². The van der Waals surface area contributed by atoms with Crippen LogP contribution in [0.4, 0.5) is 5.82 Å². The van der Waals surface area contributed by atoms with Crippen molar-refractivity contribution in [1.82, 2.24) is 15.3 Å². The van der Waals surface area contributed by atoms with E-state index in [1.54, 1.807) is 0 Å². The Morgan fingerprint density at radius 2 is 2.00 bits per heavy atom. The van der Waals surface area contributed by atoms with Crippen LogP contribution in [0.5, 0.6) is 0 Å². The minimum Gasteiger partial charge on any atom is -0.357 e. The summed E-state index contributed by atoms with van der Waals surface area (Å²) in [6.45, 7) is 6.76. The fourth-order valence-electron chi connectivity index (χ4n) is 3.37. The van der Waals surface area contributed by atoms with Crippen LogP contribution < -0.4 is 10.2 Å². The molecule has 0 saturated carbocycles. The molecule has 0 atom stereocenters. The third-order valence-corrected chi connectivity index (χ3v) is 6.20. The number of carbonyl (C=O) groups excluding carboxylic acids is 1. The van der Waals surface area contributed by atoms with Gasteiger partial charge in [-0.1, -0.05) is 32.3 Å².